The number of hydrogen-bond donors (Lipinski definition) is 1. The molecule has 1 unspecified atom stereocenters. The highest BCUT2D eigenvalue weighted by Crippen LogP contribution is 2.47. The second-order valence-electron chi connectivity index (χ2n) is 8.54. The summed E-state index contributed by atoms with van der Waals surface area (Å²) in [7, 11) is 0. The highest BCUT2D eigenvalue weighted by molar-refractivity contribution is 6.22. The van der Waals surface area contributed by atoms with Gasteiger partial charge in [-0.25, -0.2) is 0 Å². The van der Waals surface area contributed by atoms with Crippen LogP contribution in [0.15, 0.2) is 54.6 Å². The van der Waals surface area contributed by atoms with Crippen molar-refractivity contribution in [2.45, 2.75) is 44.6 Å². The van der Waals surface area contributed by atoms with E-state index in [1.165, 1.54) is 5.56 Å². The molecule has 2 aliphatic rings. The van der Waals surface area contributed by atoms with Crippen molar-refractivity contribution in [2.75, 3.05) is 6.54 Å². The van der Waals surface area contributed by atoms with Crippen LogP contribution < -0.4 is 5.32 Å². The maximum atomic E-state index is 13.2. The average Bonchev–Trinajstić information content (AvgIpc) is 3.48. The zero-order valence-electron chi connectivity index (χ0n) is 16.9. The van der Waals surface area contributed by atoms with Crippen molar-refractivity contribution in [1.82, 2.24) is 10.2 Å². The minimum absolute atomic E-state index is 0.0265. The van der Waals surface area contributed by atoms with E-state index in [4.69, 9.17) is 0 Å². The summed E-state index contributed by atoms with van der Waals surface area (Å²) in [5.41, 5.74) is 1.95. The van der Waals surface area contributed by atoms with Crippen molar-refractivity contribution >= 4 is 17.7 Å². The first kappa shape index (κ1) is 19.4. The summed E-state index contributed by atoms with van der Waals surface area (Å²) in [6.07, 6.45) is 2.49. The predicted octanol–water partition coefficient (Wildman–Crippen LogP) is 3.55. The van der Waals surface area contributed by atoms with Gasteiger partial charge >= 0.3 is 0 Å². The van der Waals surface area contributed by atoms with E-state index in [1.807, 2.05) is 32.0 Å². The first-order chi connectivity index (χ1) is 13.9. The fourth-order valence-electron chi connectivity index (χ4n) is 4.15. The summed E-state index contributed by atoms with van der Waals surface area (Å²) in [4.78, 5) is 40.1. The van der Waals surface area contributed by atoms with Gasteiger partial charge in [0.15, 0.2) is 0 Å². The van der Waals surface area contributed by atoms with Crippen LogP contribution in [0.3, 0.4) is 0 Å². The van der Waals surface area contributed by atoms with Crippen LogP contribution in [-0.2, 0) is 10.2 Å². The molecule has 0 bridgehead atoms. The lowest BCUT2D eigenvalue weighted by molar-refractivity contribution is -0.125. The van der Waals surface area contributed by atoms with Crippen LogP contribution in [-0.4, -0.2) is 35.2 Å². The van der Waals surface area contributed by atoms with E-state index in [-0.39, 0.29) is 29.1 Å². The van der Waals surface area contributed by atoms with Crippen molar-refractivity contribution < 1.29 is 14.4 Å². The first-order valence-corrected chi connectivity index (χ1v) is 10.2. The Morgan fingerprint density at radius 3 is 2.03 bits per heavy atom. The van der Waals surface area contributed by atoms with Crippen LogP contribution in [0.2, 0.25) is 0 Å². The van der Waals surface area contributed by atoms with Crippen LogP contribution in [0.5, 0.6) is 0 Å². The summed E-state index contributed by atoms with van der Waals surface area (Å²) in [5, 5.41) is 3.05. The molecule has 0 aromatic heterocycles. The van der Waals surface area contributed by atoms with E-state index in [2.05, 4.69) is 17.4 Å². The molecule has 5 nitrogen and oxygen atoms in total. The van der Waals surface area contributed by atoms with Gasteiger partial charge in [-0.2, -0.15) is 0 Å². The summed E-state index contributed by atoms with van der Waals surface area (Å²) in [6, 6.07) is 16.2. The zero-order chi connectivity index (χ0) is 20.6. The molecule has 1 aliphatic heterocycles. The average molecular weight is 390 g/mol. The lowest BCUT2D eigenvalue weighted by Crippen LogP contribution is -2.51. The molecule has 5 heteroatoms. The molecule has 3 amide bonds. The number of nitrogens with one attached hydrogen (secondary N) is 1. The van der Waals surface area contributed by atoms with Crippen LogP contribution >= 0.6 is 0 Å². The maximum absolute atomic E-state index is 13.2. The van der Waals surface area contributed by atoms with Gasteiger partial charge in [-0.05, 0) is 42.9 Å². The number of carbonyl (C=O) groups is 3. The molecule has 1 heterocycles. The molecule has 0 radical (unpaired) electrons. The SMILES string of the molecule is CC(C)CC(C(=O)NCC1(c2ccccc2)CC1)N1C(=O)c2ccccc2C1=O. The lowest BCUT2D eigenvalue weighted by atomic mass is 9.95. The third-order valence-electron chi connectivity index (χ3n) is 5.98. The minimum atomic E-state index is -0.797. The van der Waals surface area contributed by atoms with Crippen LogP contribution in [0.25, 0.3) is 0 Å². The third-order valence-corrected chi connectivity index (χ3v) is 5.98. The van der Waals surface area contributed by atoms with Gasteiger partial charge in [-0.1, -0.05) is 56.3 Å². The normalized spacial score (nSPS) is 18.0. The van der Waals surface area contributed by atoms with Gasteiger partial charge in [0.2, 0.25) is 5.91 Å². The van der Waals surface area contributed by atoms with Gasteiger partial charge in [0.05, 0.1) is 11.1 Å². The van der Waals surface area contributed by atoms with E-state index in [0.717, 1.165) is 17.7 Å². The summed E-state index contributed by atoms with van der Waals surface area (Å²) in [5.74, 6) is -0.847. The van der Waals surface area contributed by atoms with Gasteiger partial charge in [0, 0.05) is 12.0 Å². The van der Waals surface area contributed by atoms with Crippen LogP contribution in [0.1, 0.15) is 59.4 Å². The molecular weight excluding hydrogens is 364 g/mol. The Balaban J connectivity index is 1.53. The number of amides is 3. The van der Waals surface area contributed by atoms with Crippen molar-refractivity contribution in [3.8, 4) is 0 Å². The largest absolute Gasteiger partial charge is 0.353 e. The Morgan fingerprint density at radius 2 is 1.52 bits per heavy atom. The Labute approximate surface area is 171 Å². The fourth-order valence-corrected chi connectivity index (χ4v) is 4.15. The molecule has 0 spiro atoms. The van der Waals surface area contributed by atoms with E-state index in [0.29, 0.717) is 24.1 Å². The molecule has 150 valence electrons. The Hall–Kier alpha value is -2.95. The van der Waals surface area contributed by atoms with Crippen molar-refractivity contribution in [3.05, 3.63) is 71.3 Å². The first-order valence-electron chi connectivity index (χ1n) is 10.2. The fraction of sp³-hybridized carbons (Fsp3) is 0.375. The van der Waals surface area contributed by atoms with Crippen LogP contribution in [0.4, 0.5) is 0 Å². The summed E-state index contributed by atoms with van der Waals surface area (Å²) >= 11 is 0. The van der Waals surface area contributed by atoms with Crippen molar-refractivity contribution in [2.24, 2.45) is 5.92 Å². The number of imide groups is 1. The maximum Gasteiger partial charge on any atom is 0.262 e. The van der Waals surface area contributed by atoms with Gasteiger partial charge < -0.3 is 5.32 Å². The molecule has 0 saturated heterocycles. The van der Waals surface area contributed by atoms with Crippen LogP contribution in [0, 0.1) is 5.92 Å². The predicted molar refractivity (Wildman–Crippen MR) is 111 cm³/mol. The number of fused-ring (bicyclic) bond motifs is 1. The lowest BCUT2D eigenvalue weighted by Gasteiger charge is -2.28. The molecule has 1 saturated carbocycles. The zero-order valence-corrected chi connectivity index (χ0v) is 16.9. The summed E-state index contributed by atoms with van der Waals surface area (Å²) in [6.45, 7) is 4.50. The number of hydrogen-bond acceptors (Lipinski definition) is 3. The Bertz CT molecular complexity index is 913. The summed E-state index contributed by atoms with van der Waals surface area (Å²) < 4.78 is 0. The molecule has 1 atom stereocenters. The monoisotopic (exact) mass is 390 g/mol. The molecule has 4 rings (SSSR count). The van der Waals surface area contributed by atoms with Gasteiger partial charge in [-0.3, -0.25) is 19.3 Å². The van der Waals surface area contributed by atoms with E-state index >= 15 is 0 Å². The van der Waals surface area contributed by atoms with E-state index in [1.54, 1.807) is 24.3 Å². The van der Waals surface area contributed by atoms with E-state index in [9.17, 15) is 14.4 Å². The Morgan fingerprint density at radius 1 is 0.966 bits per heavy atom. The number of benzene rings is 2. The number of rotatable bonds is 7. The number of carbonyl (C=O) groups excluding carboxylic acids is 3. The molecular formula is C24H26N2O3. The third kappa shape index (κ3) is 3.57. The highest BCUT2D eigenvalue weighted by Gasteiger charge is 2.46. The smallest absolute Gasteiger partial charge is 0.262 e. The van der Waals surface area contributed by atoms with Gasteiger partial charge in [-0.15, -0.1) is 0 Å². The quantitative estimate of drug-likeness (QED) is 0.736. The van der Waals surface area contributed by atoms with Crippen molar-refractivity contribution in [1.29, 1.82) is 0 Å². The Kier molecular flexibility index (Phi) is 4.99. The van der Waals surface area contributed by atoms with Gasteiger partial charge in [0.1, 0.15) is 6.04 Å². The van der Waals surface area contributed by atoms with Gasteiger partial charge in [0.25, 0.3) is 11.8 Å². The second-order valence-corrected chi connectivity index (χ2v) is 8.54. The topological polar surface area (TPSA) is 66.5 Å². The van der Waals surface area contributed by atoms with Crippen molar-refractivity contribution in [3.63, 3.8) is 0 Å². The molecule has 2 aromatic rings. The molecule has 1 aliphatic carbocycles. The number of nitrogens with zero attached hydrogens (tertiary/aromatic N) is 1. The standard InChI is InChI=1S/C24H26N2O3/c1-16(2)14-20(26-22(28)18-10-6-7-11-19(18)23(26)29)21(27)25-15-24(12-13-24)17-8-4-3-5-9-17/h3-11,16,20H,12-15H2,1-2H3,(H,25,27). The highest BCUT2D eigenvalue weighted by atomic mass is 16.2. The van der Waals surface area contributed by atoms with E-state index < -0.39 is 6.04 Å². The molecule has 1 fully saturated rings. The molecule has 1 N–H and O–H groups in total. The molecule has 2 aromatic carbocycles. The minimum Gasteiger partial charge on any atom is -0.353 e. The molecule has 29 heavy (non-hydrogen) atoms. The second kappa shape index (κ2) is 7.47.